The van der Waals surface area contributed by atoms with Crippen molar-refractivity contribution in [2.75, 3.05) is 0 Å². The minimum atomic E-state index is -0.296. The largest absolute Gasteiger partial charge is 0.392 e. The molecule has 1 aromatic carbocycles. The van der Waals surface area contributed by atoms with Crippen molar-refractivity contribution in [3.8, 4) is 0 Å². The third kappa shape index (κ3) is 2.01. The number of aliphatic hydroxyl groups is 1. The van der Waals surface area contributed by atoms with Crippen LogP contribution in [-0.4, -0.2) is 16.2 Å². The summed E-state index contributed by atoms with van der Waals surface area (Å²) < 4.78 is 0. The van der Waals surface area contributed by atoms with Crippen LogP contribution in [0.1, 0.15) is 27.7 Å². The van der Waals surface area contributed by atoms with E-state index < -0.39 is 0 Å². The third-order valence-corrected chi connectivity index (χ3v) is 4.40. The first-order valence-corrected chi connectivity index (χ1v) is 6.79. The molecule has 1 aliphatic rings. The van der Waals surface area contributed by atoms with Gasteiger partial charge in [0, 0.05) is 23.4 Å². The molecule has 0 fully saturated rings. The number of aryl methyl sites for hydroxylation is 1. The minimum absolute atomic E-state index is 0.296. The van der Waals surface area contributed by atoms with Crippen molar-refractivity contribution in [3.05, 3.63) is 51.5 Å². The molecule has 1 N–H and O–H groups in total. The van der Waals surface area contributed by atoms with E-state index in [4.69, 9.17) is 0 Å². The van der Waals surface area contributed by atoms with E-state index in [1.807, 2.05) is 18.4 Å². The highest BCUT2D eigenvalue weighted by Gasteiger charge is 2.31. The van der Waals surface area contributed by atoms with Crippen LogP contribution in [0.4, 0.5) is 0 Å². The fourth-order valence-electron chi connectivity index (χ4n) is 2.46. The molecule has 3 rings (SSSR count). The topological polar surface area (TPSA) is 33.1 Å². The van der Waals surface area contributed by atoms with Crippen LogP contribution in [0.3, 0.4) is 0 Å². The Labute approximate surface area is 105 Å². The number of nitrogens with zero attached hydrogens (tertiary/aromatic N) is 1. The quantitative estimate of drug-likeness (QED) is 0.902. The predicted molar refractivity (Wildman–Crippen MR) is 69.4 cm³/mol. The van der Waals surface area contributed by atoms with E-state index in [1.165, 1.54) is 11.1 Å². The normalized spacial score (nSPS) is 19.5. The summed E-state index contributed by atoms with van der Waals surface area (Å²) in [4.78, 5) is 4.41. The molecule has 2 nitrogen and oxygen atoms in total. The van der Waals surface area contributed by atoms with Gasteiger partial charge in [0.25, 0.3) is 0 Å². The van der Waals surface area contributed by atoms with E-state index in [-0.39, 0.29) is 6.10 Å². The molecule has 0 radical (unpaired) electrons. The predicted octanol–water partition coefficient (Wildman–Crippen LogP) is 2.69. The fourth-order valence-corrected chi connectivity index (χ4v) is 3.28. The summed E-state index contributed by atoms with van der Waals surface area (Å²) in [6.07, 6.45) is 1.38. The van der Waals surface area contributed by atoms with Crippen molar-refractivity contribution in [2.24, 2.45) is 0 Å². The maximum atomic E-state index is 10.2. The van der Waals surface area contributed by atoms with Crippen molar-refractivity contribution < 1.29 is 5.11 Å². The van der Waals surface area contributed by atoms with E-state index in [9.17, 15) is 5.11 Å². The highest BCUT2D eigenvalue weighted by atomic mass is 32.1. The molecule has 0 saturated heterocycles. The molecule has 2 unspecified atom stereocenters. The standard InChI is InChI=1S/C14H15NOS/c1-9-8-17-14(15-9)7-13(16)12-6-10-4-2-3-5-11(10)12/h2-5,8,12-13,16H,6-7H2,1H3. The molecular formula is C14H15NOS. The van der Waals surface area contributed by atoms with Crippen LogP contribution in [0.15, 0.2) is 29.6 Å². The summed E-state index contributed by atoms with van der Waals surface area (Å²) in [5, 5.41) is 13.3. The summed E-state index contributed by atoms with van der Waals surface area (Å²) in [6, 6.07) is 8.38. The van der Waals surface area contributed by atoms with Gasteiger partial charge in [0.05, 0.1) is 11.1 Å². The average molecular weight is 245 g/mol. The molecule has 0 saturated carbocycles. The molecule has 17 heavy (non-hydrogen) atoms. The summed E-state index contributed by atoms with van der Waals surface area (Å²) in [5.74, 6) is 0.301. The second-order valence-corrected chi connectivity index (χ2v) is 5.61. The average Bonchev–Trinajstić information content (AvgIpc) is 2.66. The maximum Gasteiger partial charge on any atom is 0.0954 e. The van der Waals surface area contributed by atoms with Gasteiger partial charge in [0.2, 0.25) is 0 Å². The lowest BCUT2D eigenvalue weighted by Crippen LogP contribution is -2.30. The van der Waals surface area contributed by atoms with Gasteiger partial charge in [-0.15, -0.1) is 11.3 Å². The molecule has 0 bridgehead atoms. The zero-order chi connectivity index (χ0) is 11.8. The van der Waals surface area contributed by atoms with Crippen LogP contribution in [0, 0.1) is 6.92 Å². The lowest BCUT2D eigenvalue weighted by atomic mass is 9.74. The van der Waals surface area contributed by atoms with Crippen LogP contribution in [-0.2, 0) is 12.8 Å². The Hall–Kier alpha value is -1.19. The van der Waals surface area contributed by atoms with Crippen molar-refractivity contribution in [2.45, 2.75) is 31.8 Å². The lowest BCUT2D eigenvalue weighted by molar-refractivity contribution is 0.133. The van der Waals surface area contributed by atoms with E-state index in [0.717, 1.165) is 17.1 Å². The fraction of sp³-hybridized carbons (Fsp3) is 0.357. The van der Waals surface area contributed by atoms with E-state index >= 15 is 0 Å². The first-order valence-electron chi connectivity index (χ1n) is 5.91. The molecule has 88 valence electrons. The maximum absolute atomic E-state index is 10.2. The molecule has 1 heterocycles. The number of aromatic nitrogens is 1. The van der Waals surface area contributed by atoms with Crippen LogP contribution in [0.25, 0.3) is 0 Å². The minimum Gasteiger partial charge on any atom is -0.392 e. The van der Waals surface area contributed by atoms with Gasteiger partial charge < -0.3 is 5.11 Å². The summed E-state index contributed by atoms with van der Waals surface area (Å²) in [6.45, 7) is 1.99. The molecule has 0 aliphatic heterocycles. The Bertz CT molecular complexity index is 535. The van der Waals surface area contributed by atoms with Gasteiger partial charge in [-0.3, -0.25) is 0 Å². The highest BCUT2D eigenvalue weighted by molar-refractivity contribution is 7.09. The van der Waals surface area contributed by atoms with Crippen LogP contribution >= 0.6 is 11.3 Å². The summed E-state index contributed by atoms with van der Waals surface area (Å²) in [5.41, 5.74) is 3.74. The van der Waals surface area contributed by atoms with Gasteiger partial charge in [0.15, 0.2) is 0 Å². The van der Waals surface area contributed by atoms with Crippen LogP contribution < -0.4 is 0 Å². The zero-order valence-electron chi connectivity index (χ0n) is 9.76. The van der Waals surface area contributed by atoms with Crippen molar-refractivity contribution >= 4 is 11.3 Å². The van der Waals surface area contributed by atoms with E-state index in [2.05, 4.69) is 23.2 Å². The molecule has 0 amide bonds. The van der Waals surface area contributed by atoms with E-state index in [1.54, 1.807) is 11.3 Å². The molecule has 2 atom stereocenters. The third-order valence-electron chi connectivity index (χ3n) is 3.41. The molecule has 1 aliphatic carbocycles. The first kappa shape index (κ1) is 10.9. The zero-order valence-corrected chi connectivity index (χ0v) is 10.6. The van der Waals surface area contributed by atoms with Gasteiger partial charge >= 0.3 is 0 Å². The number of fused-ring (bicyclic) bond motifs is 1. The number of benzene rings is 1. The van der Waals surface area contributed by atoms with E-state index in [0.29, 0.717) is 12.3 Å². The summed E-state index contributed by atoms with van der Waals surface area (Å²) >= 11 is 1.64. The molecule has 0 spiro atoms. The Kier molecular flexibility index (Phi) is 2.73. The molecule has 1 aromatic heterocycles. The highest BCUT2D eigenvalue weighted by Crippen LogP contribution is 2.38. The number of thiazole rings is 1. The first-order chi connectivity index (χ1) is 8.24. The Balaban J connectivity index is 1.71. The number of aliphatic hydroxyl groups excluding tert-OH is 1. The Morgan fingerprint density at radius 3 is 3.00 bits per heavy atom. The van der Waals surface area contributed by atoms with Crippen molar-refractivity contribution in [1.82, 2.24) is 4.98 Å². The lowest BCUT2D eigenvalue weighted by Gasteiger charge is -2.33. The van der Waals surface area contributed by atoms with Crippen molar-refractivity contribution in [3.63, 3.8) is 0 Å². The Morgan fingerprint density at radius 2 is 2.29 bits per heavy atom. The molecule has 3 heteroatoms. The monoisotopic (exact) mass is 245 g/mol. The number of hydrogen-bond donors (Lipinski definition) is 1. The van der Waals surface area contributed by atoms with Crippen LogP contribution in [0.2, 0.25) is 0 Å². The molecule has 2 aromatic rings. The smallest absolute Gasteiger partial charge is 0.0954 e. The summed E-state index contributed by atoms with van der Waals surface area (Å²) in [7, 11) is 0. The second kappa shape index (κ2) is 4.24. The van der Waals surface area contributed by atoms with Gasteiger partial charge in [-0.2, -0.15) is 0 Å². The number of rotatable bonds is 3. The van der Waals surface area contributed by atoms with Gasteiger partial charge in [0.1, 0.15) is 0 Å². The van der Waals surface area contributed by atoms with Crippen LogP contribution in [0.5, 0.6) is 0 Å². The number of hydrogen-bond acceptors (Lipinski definition) is 3. The van der Waals surface area contributed by atoms with Gasteiger partial charge in [-0.1, -0.05) is 24.3 Å². The Morgan fingerprint density at radius 1 is 1.47 bits per heavy atom. The molecular weight excluding hydrogens is 230 g/mol. The second-order valence-electron chi connectivity index (χ2n) is 4.66. The SMILES string of the molecule is Cc1csc(CC(O)C2Cc3ccccc32)n1. The van der Waals surface area contributed by atoms with Gasteiger partial charge in [-0.25, -0.2) is 4.98 Å². The van der Waals surface area contributed by atoms with Gasteiger partial charge in [-0.05, 0) is 24.5 Å². The van der Waals surface area contributed by atoms with Crippen molar-refractivity contribution in [1.29, 1.82) is 0 Å².